The molecule has 14 heavy (non-hydrogen) atoms. The minimum atomic E-state index is 0. The second-order valence-electron chi connectivity index (χ2n) is 2.46. The first-order chi connectivity index (χ1) is 5.81. The van der Waals surface area contributed by atoms with Crippen molar-refractivity contribution in [1.29, 1.82) is 0 Å². The number of hydrogen-bond donors (Lipinski definition) is 1. The zero-order valence-electron chi connectivity index (χ0n) is 7.07. The van der Waals surface area contributed by atoms with Crippen LogP contribution in [-0.4, -0.2) is 4.98 Å². The van der Waals surface area contributed by atoms with Gasteiger partial charge >= 0.3 is 0 Å². The van der Waals surface area contributed by atoms with E-state index in [0.29, 0.717) is 6.54 Å². The van der Waals surface area contributed by atoms with E-state index in [-0.39, 0.29) is 24.8 Å². The number of fused-ring (bicyclic) bond motifs is 1. The smallest absolute Gasteiger partial charge is 0.151 e. The summed E-state index contributed by atoms with van der Waals surface area (Å²) in [5, 5.41) is 0.977. The molecule has 2 aromatic rings. The van der Waals surface area contributed by atoms with Crippen LogP contribution in [0.15, 0.2) is 27.3 Å². The maximum absolute atomic E-state index is 5.44. The predicted molar refractivity (Wildman–Crippen MR) is 64.1 cm³/mol. The Balaban J connectivity index is 0.000000845. The lowest BCUT2D eigenvalue weighted by atomic mass is 10.3. The lowest BCUT2D eigenvalue weighted by Crippen LogP contribution is -1.92. The Morgan fingerprint density at radius 3 is 2.64 bits per heavy atom. The van der Waals surface area contributed by atoms with E-state index in [4.69, 9.17) is 10.2 Å². The number of pyridine rings is 1. The summed E-state index contributed by atoms with van der Waals surface area (Å²) in [6.07, 6.45) is 3.45. The highest BCUT2D eigenvalue weighted by Crippen LogP contribution is 2.25. The van der Waals surface area contributed by atoms with Gasteiger partial charge in [0.15, 0.2) is 5.58 Å². The molecular weight excluding hydrogens is 291 g/mol. The Morgan fingerprint density at radius 1 is 1.36 bits per heavy atom. The van der Waals surface area contributed by atoms with Gasteiger partial charge in [0.05, 0.1) is 11.0 Å². The van der Waals surface area contributed by atoms with Gasteiger partial charge in [-0.1, -0.05) is 0 Å². The molecule has 0 fully saturated rings. The number of nitrogens with zero attached hydrogens (tertiary/aromatic N) is 1. The lowest BCUT2D eigenvalue weighted by Gasteiger charge is -1.89. The predicted octanol–water partition coefficient (Wildman–Crippen LogP) is 2.89. The van der Waals surface area contributed by atoms with Gasteiger partial charge in [-0.15, -0.1) is 24.8 Å². The summed E-state index contributed by atoms with van der Waals surface area (Å²) < 4.78 is 6.30. The van der Waals surface area contributed by atoms with Crippen molar-refractivity contribution < 1.29 is 4.42 Å². The average Bonchev–Trinajstić information content (AvgIpc) is 2.49. The second-order valence-corrected chi connectivity index (χ2v) is 3.31. The quantitative estimate of drug-likeness (QED) is 0.881. The highest BCUT2D eigenvalue weighted by molar-refractivity contribution is 9.10. The van der Waals surface area contributed by atoms with Crippen LogP contribution in [-0.2, 0) is 6.54 Å². The summed E-state index contributed by atoms with van der Waals surface area (Å²) in [7, 11) is 0. The average molecular weight is 300 g/mol. The molecule has 0 radical (unpaired) electrons. The maximum Gasteiger partial charge on any atom is 0.151 e. The Morgan fingerprint density at radius 2 is 2.07 bits per heavy atom. The molecule has 0 saturated heterocycles. The van der Waals surface area contributed by atoms with Crippen LogP contribution in [0.3, 0.4) is 0 Å². The molecule has 2 aromatic heterocycles. The third-order valence-corrected chi connectivity index (χ3v) is 2.20. The molecule has 0 unspecified atom stereocenters. The van der Waals surface area contributed by atoms with Gasteiger partial charge in [-0.3, -0.25) is 4.98 Å². The SMILES string of the molecule is Cl.Cl.NCc1cc2cncc(Br)c2o1. The molecule has 3 nitrogen and oxygen atoms in total. The summed E-state index contributed by atoms with van der Waals surface area (Å²) in [5.74, 6) is 0.777. The number of rotatable bonds is 1. The molecule has 0 aliphatic rings. The van der Waals surface area contributed by atoms with Gasteiger partial charge in [0.1, 0.15) is 5.76 Å². The number of furan rings is 1. The highest BCUT2D eigenvalue weighted by Gasteiger charge is 2.04. The summed E-state index contributed by atoms with van der Waals surface area (Å²) in [5.41, 5.74) is 6.24. The number of aromatic nitrogens is 1. The van der Waals surface area contributed by atoms with Crippen molar-refractivity contribution in [2.45, 2.75) is 6.54 Å². The van der Waals surface area contributed by atoms with E-state index in [2.05, 4.69) is 20.9 Å². The number of hydrogen-bond acceptors (Lipinski definition) is 3. The van der Waals surface area contributed by atoms with Crippen LogP contribution >= 0.6 is 40.7 Å². The summed E-state index contributed by atoms with van der Waals surface area (Å²) in [6, 6.07) is 1.90. The first kappa shape index (κ1) is 13.7. The summed E-state index contributed by atoms with van der Waals surface area (Å²) >= 11 is 3.34. The molecule has 6 heteroatoms. The second kappa shape index (κ2) is 5.56. The first-order valence-electron chi connectivity index (χ1n) is 3.53. The van der Waals surface area contributed by atoms with E-state index in [1.165, 1.54) is 0 Å². The minimum absolute atomic E-state index is 0. The monoisotopic (exact) mass is 298 g/mol. The highest BCUT2D eigenvalue weighted by atomic mass is 79.9. The van der Waals surface area contributed by atoms with E-state index < -0.39 is 0 Å². The van der Waals surface area contributed by atoms with Gasteiger partial charge in [-0.25, -0.2) is 0 Å². The Hall–Kier alpha value is -0.290. The fourth-order valence-electron chi connectivity index (χ4n) is 1.08. The molecule has 78 valence electrons. The van der Waals surface area contributed by atoms with Crippen molar-refractivity contribution in [3.63, 3.8) is 0 Å². The fourth-order valence-corrected chi connectivity index (χ4v) is 1.51. The molecule has 0 spiro atoms. The molecule has 0 amide bonds. The zero-order chi connectivity index (χ0) is 8.55. The third-order valence-electron chi connectivity index (χ3n) is 1.63. The Bertz CT molecular complexity index is 419. The van der Waals surface area contributed by atoms with Gasteiger partial charge in [0.2, 0.25) is 0 Å². The van der Waals surface area contributed by atoms with Gasteiger partial charge in [-0.05, 0) is 22.0 Å². The largest absolute Gasteiger partial charge is 0.458 e. The number of halogens is 3. The minimum Gasteiger partial charge on any atom is -0.458 e. The Labute approximate surface area is 102 Å². The van der Waals surface area contributed by atoms with Crippen LogP contribution in [0.4, 0.5) is 0 Å². The maximum atomic E-state index is 5.44. The molecule has 0 saturated carbocycles. The van der Waals surface area contributed by atoms with Crippen molar-refractivity contribution in [3.05, 3.63) is 28.7 Å². The van der Waals surface area contributed by atoms with E-state index >= 15 is 0 Å². The standard InChI is InChI=1S/C8H7BrN2O.2ClH/c9-7-4-11-3-5-1-6(2-10)12-8(5)7;;/h1,3-4H,2,10H2;2*1H. The molecule has 2 N–H and O–H groups in total. The van der Waals surface area contributed by atoms with Crippen LogP contribution in [0.1, 0.15) is 5.76 Å². The number of nitrogens with two attached hydrogens (primary N) is 1. The van der Waals surface area contributed by atoms with Crippen LogP contribution in [0, 0.1) is 0 Å². The van der Waals surface area contributed by atoms with Gasteiger partial charge in [0, 0.05) is 17.8 Å². The van der Waals surface area contributed by atoms with Gasteiger partial charge < -0.3 is 10.2 Å². The molecular formula is C8H9BrCl2N2O. The van der Waals surface area contributed by atoms with Crippen LogP contribution < -0.4 is 5.73 Å². The lowest BCUT2D eigenvalue weighted by molar-refractivity contribution is 0.551. The van der Waals surface area contributed by atoms with Crippen LogP contribution in [0.2, 0.25) is 0 Å². The van der Waals surface area contributed by atoms with Crippen molar-refractivity contribution >= 4 is 51.7 Å². The molecule has 0 bridgehead atoms. The van der Waals surface area contributed by atoms with E-state index in [9.17, 15) is 0 Å². The molecule has 2 heterocycles. The molecule has 0 aromatic carbocycles. The van der Waals surface area contributed by atoms with E-state index in [1.807, 2.05) is 6.07 Å². The third kappa shape index (κ3) is 2.39. The van der Waals surface area contributed by atoms with Crippen LogP contribution in [0.5, 0.6) is 0 Å². The fraction of sp³-hybridized carbons (Fsp3) is 0.125. The van der Waals surface area contributed by atoms with E-state index in [1.54, 1.807) is 12.4 Å². The van der Waals surface area contributed by atoms with Crippen LogP contribution in [0.25, 0.3) is 11.0 Å². The van der Waals surface area contributed by atoms with Gasteiger partial charge in [-0.2, -0.15) is 0 Å². The van der Waals surface area contributed by atoms with E-state index in [0.717, 1.165) is 21.2 Å². The first-order valence-corrected chi connectivity index (χ1v) is 4.32. The zero-order valence-corrected chi connectivity index (χ0v) is 10.3. The van der Waals surface area contributed by atoms with Crippen molar-refractivity contribution in [1.82, 2.24) is 4.98 Å². The summed E-state index contributed by atoms with van der Waals surface area (Å²) in [4.78, 5) is 4.01. The molecule has 0 aliphatic carbocycles. The normalized spacial score (nSPS) is 9.29. The molecule has 0 aliphatic heterocycles. The Kier molecular flexibility index (Phi) is 5.44. The van der Waals surface area contributed by atoms with Crippen molar-refractivity contribution in [2.24, 2.45) is 5.73 Å². The topological polar surface area (TPSA) is 52.0 Å². The van der Waals surface area contributed by atoms with Crippen molar-refractivity contribution in [2.75, 3.05) is 0 Å². The van der Waals surface area contributed by atoms with Crippen molar-refractivity contribution in [3.8, 4) is 0 Å². The molecule has 0 atom stereocenters. The van der Waals surface area contributed by atoms with Gasteiger partial charge in [0.25, 0.3) is 0 Å². The molecule has 2 rings (SSSR count). The summed E-state index contributed by atoms with van der Waals surface area (Å²) in [6.45, 7) is 0.418.